The Balaban J connectivity index is 2.06. The van der Waals surface area contributed by atoms with E-state index < -0.39 is 5.82 Å². The van der Waals surface area contributed by atoms with Gasteiger partial charge in [-0.25, -0.2) is 4.39 Å². The summed E-state index contributed by atoms with van der Waals surface area (Å²) in [6.07, 6.45) is 1.71. The Bertz CT molecular complexity index is 411. The number of halogens is 1. The van der Waals surface area contributed by atoms with Gasteiger partial charge in [-0.2, -0.15) is 0 Å². The molecule has 0 saturated carbocycles. The van der Waals surface area contributed by atoms with Crippen LogP contribution in [0.2, 0.25) is 0 Å². The minimum absolute atomic E-state index is 0.0753. The molecule has 92 valence electrons. The number of Topliss-reactive ketones (excluding diaryl/α,β-unsaturated/α-hetero) is 1. The number of carbonyl (C=O) groups excluding carboxylic acids is 1. The maximum absolute atomic E-state index is 13.5. The molecule has 1 aliphatic rings. The van der Waals surface area contributed by atoms with Crippen molar-refractivity contribution in [2.24, 2.45) is 0 Å². The molecule has 1 aromatic carbocycles. The summed E-state index contributed by atoms with van der Waals surface area (Å²) in [4.78, 5) is 11.1. The third-order valence-electron chi connectivity index (χ3n) is 2.79. The Morgan fingerprint density at radius 3 is 2.71 bits per heavy atom. The van der Waals surface area contributed by atoms with Crippen LogP contribution >= 0.6 is 0 Å². The van der Waals surface area contributed by atoms with Crippen LogP contribution in [0.1, 0.15) is 30.1 Å². The van der Waals surface area contributed by atoms with Gasteiger partial charge in [-0.15, -0.1) is 0 Å². The highest BCUT2D eigenvalue weighted by atomic mass is 19.1. The van der Waals surface area contributed by atoms with Gasteiger partial charge < -0.3 is 9.47 Å². The lowest BCUT2D eigenvalue weighted by Gasteiger charge is -2.23. The fraction of sp³-hybridized carbons (Fsp3) is 0.462. The second-order valence-corrected chi connectivity index (χ2v) is 4.13. The zero-order chi connectivity index (χ0) is 12.3. The quantitative estimate of drug-likeness (QED) is 0.759. The molecule has 0 bridgehead atoms. The fourth-order valence-corrected chi connectivity index (χ4v) is 1.84. The molecule has 1 fully saturated rings. The van der Waals surface area contributed by atoms with Crippen LogP contribution in [0, 0.1) is 5.82 Å². The molecule has 0 N–H and O–H groups in total. The predicted molar refractivity (Wildman–Crippen MR) is 60.9 cm³/mol. The van der Waals surface area contributed by atoms with Gasteiger partial charge in [-0.3, -0.25) is 4.79 Å². The molecule has 0 atom stereocenters. The number of benzene rings is 1. The molecule has 1 aromatic rings. The Hall–Kier alpha value is -1.42. The average Bonchev–Trinajstić information content (AvgIpc) is 2.30. The van der Waals surface area contributed by atoms with Crippen molar-refractivity contribution in [1.29, 1.82) is 0 Å². The van der Waals surface area contributed by atoms with E-state index in [1.807, 2.05) is 0 Å². The second kappa shape index (κ2) is 5.27. The third kappa shape index (κ3) is 3.03. The van der Waals surface area contributed by atoms with Crippen molar-refractivity contribution in [2.75, 3.05) is 13.2 Å². The molecule has 0 unspecified atom stereocenters. The average molecular weight is 238 g/mol. The molecule has 1 heterocycles. The summed E-state index contributed by atoms with van der Waals surface area (Å²) in [6, 6.07) is 4.37. The molecular formula is C13H15FO3. The fourth-order valence-electron chi connectivity index (χ4n) is 1.84. The second-order valence-electron chi connectivity index (χ2n) is 4.13. The van der Waals surface area contributed by atoms with Crippen molar-refractivity contribution >= 4 is 5.78 Å². The van der Waals surface area contributed by atoms with E-state index in [2.05, 4.69) is 0 Å². The summed E-state index contributed by atoms with van der Waals surface area (Å²) < 4.78 is 24.4. The van der Waals surface area contributed by atoms with Crippen molar-refractivity contribution in [3.63, 3.8) is 0 Å². The highest BCUT2D eigenvalue weighted by Gasteiger charge is 2.16. The molecule has 0 radical (unpaired) electrons. The summed E-state index contributed by atoms with van der Waals surface area (Å²) in [6.45, 7) is 2.70. The smallest absolute Gasteiger partial charge is 0.162 e. The number of ketones is 1. The molecule has 2 rings (SSSR count). The van der Waals surface area contributed by atoms with Gasteiger partial charge in [0.15, 0.2) is 5.78 Å². The lowest BCUT2D eigenvalue weighted by Crippen LogP contribution is -2.25. The van der Waals surface area contributed by atoms with Crippen molar-refractivity contribution in [1.82, 2.24) is 0 Å². The van der Waals surface area contributed by atoms with Gasteiger partial charge in [-0.1, -0.05) is 0 Å². The van der Waals surface area contributed by atoms with Crippen LogP contribution in [0.25, 0.3) is 0 Å². The van der Waals surface area contributed by atoms with E-state index in [0.29, 0.717) is 19.0 Å². The molecule has 0 aliphatic carbocycles. The molecular weight excluding hydrogens is 223 g/mol. The summed E-state index contributed by atoms with van der Waals surface area (Å²) in [5, 5.41) is 0. The van der Waals surface area contributed by atoms with E-state index in [1.165, 1.54) is 19.1 Å². The lowest BCUT2D eigenvalue weighted by atomic mass is 10.1. The number of ether oxygens (including phenoxy) is 2. The van der Waals surface area contributed by atoms with Gasteiger partial charge in [-0.05, 0) is 19.1 Å². The highest BCUT2D eigenvalue weighted by Crippen LogP contribution is 2.21. The molecule has 0 amide bonds. The Morgan fingerprint density at radius 2 is 2.12 bits per heavy atom. The molecule has 0 aromatic heterocycles. The molecule has 3 nitrogen and oxygen atoms in total. The van der Waals surface area contributed by atoms with Gasteiger partial charge in [0.2, 0.25) is 0 Å². The summed E-state index contributed by atoms with van der Waals surface area (Å²) in [5.74, 6) is -0.332. The lowest BCUT2D eigenvalue weighted by molar-refractivity contribution is 0.0254. The Kier molecular flexibility index (Phi) is 3.74. The molecule has 1 saturated heterocycles. The summed E-state index contributed by atoms with van der Waals surface area (Å²) in [7, 11) is 0. The first-order valence-corrected chi connectivity index (χ1v) is 5.71. The normalized spacial score (nSPS) is 16.8. The van der Waals surface area contributed by atoms with E-state index in [0.717, 1.165) is 12.8 Å². The van der Waals surface area contributed by atoms with E-state index in [4.69, 9.17) is 9.47 Å². The molecule has 17 heavy (non-hydrogen) atoms. The zero-order valence-electron chi connectivity index (χ0n) is 9.74. The van der Waals surface area contributed by atoms with Gasteiger partial charge in [0.25, 0.3) is 0 Å². The van der Waals surface area contributed by atoms with Crippen LogP contribution in [-0.2, 0) is 4.74 Å². The maximum atomic E-state index is 13.5. The topological polar surface area (TPSA) is 35.5 Å². The minimum atomic E-state index is -0.526. The van der Waals surface area contributed by atoms with Crippen molar-refractivity contribution in [2.45, 2.75) is 25.9 Å². The number of rotatable bonds is 3. The van der Waals surface area contributed by atoms with Crippen molar-refractivity contribution in [3.8, 4) is 5.75 Å². The van der Waals surface area contributed by atoms with E-state index >= 15 is 0 Å². The van der Waals surface area contributed by atoms with Crippen molar-refractivity contribution < 1.29 is 18.7 Å². The summed E-state index contributed by atoms with van der Waals surface area (Å²) in [5.41, 5.74) is 0.101. The van der Waals surface area contributed by atoms with Crippen LogP contribution in [-0.4, -0.2) is 25.1 Å². The van der Waals surface area contributed by atoms with Crippen molar-refractivity contribution in [3.05, 3.63) is 29.6 Å². The first-order valence-electron chi connectivity index (χ1n) is 5.71. The SMILES string of the molecule is CC(=O)c1ccc(OC2CCOCC2)cc1F. The first kappa shape index (κ1) is 12.0. The van der Waals surface area contributed by atoms with E-state index in [1.54, 1.807) is 6.07 Å². The number of hydrogen-bond donors (Lipinski definition) is 0. The van der Waals surface area contributed by atoms with Gasteiger partial charge in [0.05, 0.1) is 18.8 Å². The Morgan fingerprint density at radius 1 is 1.41 bits per heavy atom. The minimum Gasteiger partial charge on any atom is -0.490 e. The Labute approximate surface area is 99.5 Å². The van der Waals surface area contributed by atoms with Gasteiger partial charge in [0.1, 0.15) is 17.7 Å². The van der Waals surface area contributed by atoms with Crippen LogP contribution in [0.3, 0.4) is 0 Å². The number of hydrogen-bond acceptors (Lipinski definition) is 3. The van der Waals surface area contributed by atoms with Gasteiger partial charge in [0, 0.05) is 18.9 Å². The van der Waals surface area contributed by atoms with E-state index in [9.17, 15) is 9.18 Å². The molecule has 1 aliphatic heterocycles. The third-order valence-corrected chi connectivity index (χ3v) is 2.79. The molecule has 4 heteroatoms. The molecule has 0 spiro atoms. The highest BCUT2D eigenvalue weighted by molar-refractivity contribution is 5.94. The largest absolute Gasteiger partial charge is 0.490 e. The monoisotopic (exact) mass is 238 g/mol. The van der Waals surface area contributed by atoms with Crippen LogP contribution in [0.5, 0.6) is 5.75 Å². The summed E-state index contributed by atoms with van der Waals surface area (Å²) >= 11 is 0. The standard InChI is InChI=1S/C13H15FO3/c1-9(15)12-3-2-11(8-13(12)14)17-10-4-6-16-7-5-10/h2-3,8,10H,4-7H2,1H3. The first-order chi connectivity index (χ1) is 8.16. The maximum Gasteiger partial charge on any atom is 0.162 e. The van der Waals surface area contributed by atoms with E-state index in [-0.39, 0.29) is 17.5 Å². The predicted octanol–water partition coefficient (Wildman–Crippen LogP) is 2.59. The van der Waals surface area contributed by atoms with Gasteiger partial charge >= 0.3 is 0 Å². The number of carbonyl (C=O) groups is 1. The van der Waals surface area contributed by atoms with Crippen LogP contribution in [0.4, 0.5) is 4.39 Å². The zero-order valence-corrected chi connectivity index (χ0v) is 9.74. The van der Waals surface area contributed by atoms with Crippen LogP contribution in [0.15, 0.2) is 18.2 Å². The van der Waals surface area contributed by atoms with Crippen LogP contribution < -0.4 is 4.74 Å².